The predicted octanol–water partition coefficient (Wildman–Crippen LogP) is 4.13. The zero-order valence-corrected chi connectivity index (χ0v) is 14.0. The number of imidazole rings is 1. The van der Waals surface area contributed by atoms with Crippen molar-refractivity contribution in [2.24, 2.45) is 12.5 Å². The minimum atomic E-state index is 0.201. The first-order valence-corrected chi connectivity index (χ1v) is 8.72. The molecule has 0 spiro atoms. The van der Waals surface area contributed by atoms with Gasteiger partial charge in [-0.15, -0.1) is 11.3 Å². The lowest BCUT2D eigenvalue weighted by Crippen LogP contribution is -2.46. The number of rotatable bonds is 4. The standard InChI is InChI=1S/C17H25N3S/c1-17(2)9-5-4-8-14(17)19-15(13-7-6-12-21-13)16-18-10-11-20(16)3/h6-7,10-12,14-15,19H,4-5,8-9H2,1-3H3. The molecule has 2 unspecified atom stereocenters. The SMILES string of the molecule is Cn1ccnc1C(NC1CCCCC1(C)C)c1cccs1. The molecule has 0 aromatic carbocycles. The average molecular weight is 303 g/mol. The minimum absolute atomic E-state index is 0.201. The molecule has 0 radical (unpaired) electrons. The Morgan fingerprint density at radius 3 is 2.90 bits per heavy atom. The fraction of sp³-hybridized carbons (Fsp3) is 0.588. The maximum Gasteiger partial charge on any atom is 0.131 e. The van der Waals surface area contributed by atoms with Crippen LogP contribution in [-0.2, 0) is 7.05 Å². The number of aromatic nitrogens is 2. The van der Waals surface area contributed by atoms with E-state index >= 15 is 0 Å². The fourth-order valence-corrected chi connectivity index (χ4v) is 4.18. The van der Waals surface area contributed by atoms with Crippen LogP contribution in [0.25, 0.3) is 0 Å². The van der Waals surface area contributed by atoms with Crippen molar-refractivity contribution in [3.63, 3.8) is 0 Å². The molecular weight excluding hydrogens is 278 g/mol. The van der Waals surface area contributed by atoms with E-state index in [9.17, 15) is 0 Å². The first-order valence-electron chi connectivity index (χ1n) is 7.84. The maximum atomic E-state index is 4.59. The summed E-state index contributed by atoms with van der Waals surface area (Å²) in [5, 5.41) is 6.07. The van der Waals surface area contributed by atoms with Crippen molar-refractivity contribution in [1.29, 1.82) is 0 Å². The zero-order valence-electron chi connectivity index (χ0n) is 13.2. The van der Waals surface area contributed by atoms with Crippen molar-refractivity contribution >= 4 is 11.3 Å². The van der Waals surface area contributed by atoms with E-state index < -0.39 is 0 Å². The lowest BCUT2D eigenvalue weighted by Gasteiger charge is -2.41. The number of nitrogens with zero attached hydrogens (tertiary/aromatic N) is 2. The molecule has 0 amide bonds. The molecule has 2 heterocycles. The van der Waals surface area contributed by atoms with E-state index in [0.29, 0.717) is 11.5 Å². The van der Waals surface area contributed by atoms with Gasteiger partial charge in [0.1, 0.15) is 11.9 Å². The quantitative estimate of drug-likeness (QED) is 0.920. The summed E-state index contributed by atoms with van der Waals surface area (Å²) >= 11 is 1.81. The molecule has 2 atom stereocenters. The van der Waals surface area contributed by atoms with Gasteiger partial charge in [0.2, 0.25) is 0 Å². The summed E-state index contributed by atoms with van der Waals surface area (Å²) in [6.45, 7) is 4.79. The van der Waals surface area contributed by atoms with Gasteiger partial charge in [-0.2, -0.15) is 0 Å². The van der Waals surface area contributed by atoms with Gasteiger partial charge < -0.3 is 4.57 Å². The van der Waals surface area contributed by atoms with Gasteiger partial charge in [0.25, 0.3) is 0 Å². The normalized spacial score (nSPS) is 23.1. The van der Waals surface area contributed by atoms with Gasteiger partial charge in [-0.3, -0.25) is 5.32 Å². The molecule has 0 bridgehead atoms. The van der Waals surface area contributed by atoms with Gasteiger partial charge in [-0.1, -0.05) is 32.8 Å². The van der Waals surface area contributed by atoms with Crippen LogP contribution >= 0.6 is 11.3 Å². The maximum absolute atomic E-state index is 4.59. The van der Waals surface area contributed by atoms with Crippen molar-refractivity contribution in [3.8, 4) is 0 Å². The van der Waals surface area contributed by atoms with E-state index in [1.807, 2.05) is 23.7 Å². The zero-order chi connectivity index (χ0) is 14.9. The molecule has 1 fully saturated rings. The third-order valence-electron chi connectivity index (χ3n) is 4.82. The predicted molar refractivity (Wildman–Crippen MR) is 88.5 cm³/mol. The molecule has 3 nitrogen and oxygen atoms in total. The Balaban J connectivity index is 1.88. The molecule has 1 aliphatic carbocycles. The van der Waals surface area contributed by atoms with Crippen LogP contribution in [0.3, 0.4) is 0 Å². The second-order valence-electron chi connectivity index (χ2n) is 6.80. The fourth-order valence-electron chi connectivity index (χ4n) is 3.40. The molecule has 2 aromatic rings. The van der Waals surface area contributed by atoms with Crippen LogP contribution in [0.1, 0.15) is 56.3 Å². The Hall–Kier alpha value is -1.13. The molecule has 3 rings (SSSR count). The topological polar surface area (TPSA) is 29.9 Å². The number of aryl methyl sites for hydroxylation is 1. The third-order valence-corrected chi connectivity index (χ3v) is 5.76. The summed E-state index contributed by atoms with van der Waals surface area (Å²) in [5.41, 5.74) is 0.360. The number of nitrogens with one attached hydrogen (secondary N) is 1. The smallest absolute Gasteiger partial charge is 0.131 e. The van der Waals surface area contributed by atoms with Gasteiger partial charge in [0, 0.05) is 30.4 Å². The Morgan fingerprint density at radius 1 is 1.43 bits per heavy atom. The van der Waals surface area contributed by atoms with Gasteiger partial charge in [-0.05, 0) is 29.7 Å². The van der Waals surface area contributed by atoms with Crippen molar-refractivity contribution < 1.29 is 0 Å². The molecule has 0 saturated heterocycles. The van der Waals surface area contributed by atoms with Gasteiger partial charge in [0.05, 0.1) is 0 Å². The van der Waals surface area contributed by atoms with Crippen molar-refractivity contribution in [3.05, 3.63) is 40.6 Å². The Kier molecular flexibility index (Phi) is 4.18. The van der Waals surface area contributed by atoms with E-state index in [1.165, 1.54) is 30.6 Å². The lowest BCUT2D eigenvalue weighted by molar-refractivity contribution is 0.159. The summed E-state index contributed by atoms with van der Waals surface area (Å²) in [7, 11) is 2.08. The van der Waals surface area contributed by atoms with Crippen LogP contribution in [0.2, 0.25) is 0 Å². The summed E-state index contributed by atoms with van der Waals surface area (Å²) < 4.78 is 2.13. The first-order chi connectivity index (χ1) is 10.1. The molecule has 21 heavy (non-hydrogen) atoms. The second kappa shape index (κ2) is 5.93. The van der Waals surface area contributed by atoms with Crippen LogP contribution in [-0.4, -0.2) is 15.6 Å². The van der Waals surface area contributed by atoms with Crippen molar-refractivity contribution in [1.82, 2.24) is 14.9 Å². The highest BCUT2D eigenvalue weighted by molar-refractivity contribution is 7.10. The highest BCUT2D eigenvalue weighted by Gasteiger charge is 2.35. The van der Waals surface area contributed by atoms with E-state index in [4.69, 9.17) is 0 Å². The number of hydrogen-bond acceptors (Lipinski definition) is 3. The van der Waals surface area contributed by atoms with Gasteiger partial charge in [0.15, 0.2) is 0 Å². The Labute approximate surface area is 131 Å². The van der Waals surface area contributed by atoms with Gasteiger partial charge in [-0.25, -0.2) is 4.98 Å². The highest BCUT2D eigenvalue weighted by atomic mass is 32.1. The van der Waals surface area contributed by atoms with Crippen molar-refractivity contribution in [2.75, 3.05) is 0 Å². The molecular formula is C17H25N3S. The molecule has 114 valence electrons. The lowest BCUT2D eigenvalue weighted by atomic mass is 9.73. The molecule has 1 N–H and O–H groups in total. The molecule has 1 aliphatic rings. The summed E-state index contributed by atoms with van der Waals surface area (Å²) in [6.07, 6.45) is 9.19. The summed E-state index contributed by atoms with van der Waals surface area (Å²) in [5.74, 6) is 1.11. The Morgan fingerprint density at radius 2 is 2.29 bits per heavy atom. The molecule has 0 aliphatic heterocycles. The first kappa shape index (κ1) is 14.8. The summed E-state index contributed by atoms with van der Waals surface area (Å²) in [6, 6.07) is 5.10. The monoisotopic (exact) mass is 303 g/mol. The van der Waals surface area contributed by atoms with Crippen LogP contribution in [0.15, 0.2) is 29.9 Å². The van der Waals surface area contributed by atoms with Crippen molar-refractivity contribution in [2.45, 2.75) is 51.6 Å². The number of thiophene rings is 1. The van der Waals surface area contributed by atoms with Crippen LogP contribution in [0, 0.1) is 5.41 Å². The average Bonchev–Trinajstić information content (AvgIpc) is 3.09. The van der Waals surface area contributed by atoms with E-state index in [-0.39, 0.29) is 6.04 Å². The third kappa shape index (κ3) is 3.06. The van der Waals surface area contributed by atoms with E-state index in [1.54, 1.807) is 0 Å². The van der Waals surface area contributed by atoms with Crippen LogP contribution in [0.5, 0.6) is 0 Å². The van der Waals surface area contributed by atoms with E-state index in [2.05, 4.69) is 53.3 Å². The minimum Gasteiger partial charge on any atom is -0.336 e. The van der Waals surface area contributed by atoms with Crippen LogP contribution < -0.4 is 5.32 Å². The van der Waals surface area contributed by atoms with E-state index in [0.717, 1.165) is 5.82 Å². The van der Waals surface area contributed by atoms with Crippen LogP contribution in [0.4, 0.5) is 0 Å². The van der Waals surface area contributed by atoms with Gasteiger partial charge >= 0.3 is 0 Å². The molecule has 1 saturated carbocycles. The number of hydrogen-bond donors (Lipinski definition) is 1. The Bertz CT molecular complexity index is 571. The largest absolute Gasteiger partial charge is 0.336 e. The molecule has 4 heteroatoms. The summed E-state index contributed by atoms with van der Waals surface area (Å²) in [4.78, 5) is 5.94. The highest BCUT2D eigenvalue weighted by Crippen LogP contribution is 2.38. The molecule has 2 aromatic heterocycles. The second-order valence-corrected chi connectivity index (χ2v) is 7.78.